The van der Waals surface area contributed by atoms with Crippen molar-refractivity contribution in [2.45, 2.75) is 0 Å². The Morgan fingerprint density at radius 3 is 2.69 bits per heavy atom. The summed E-state index contributed by atoms with van der Waals surface area (Å²) < 4.78 is 5.50. The summed E-state index contributed by atoms with van der Waals surface area (Å²) in [5.41, 5.74) is 0.406. The van der Waals surface area contributed by atoms with E-state index in [0.717, 1.165) is 0 Å². The van der Waals surface area contributed by atoms with Crippen molar-refractivity contribution in [2.24, 2.45) is 0 Å². The van der Waals surface area contributed by atoms with Gasteiger partial charge >= 0.3 is 0 Å². The molecule has 2 rings (SSSR count). The van der Waals surface area contributed by atoms with Crippen molar-refractivity contribution in [1.29, 1.82) is 0 Å². The SMILES string of the molecule is O=C(Cl)c1cccc(Oc2cccnc2)c1. The highest BCUT2D eigenvalue weighted by molar-refractivity contribution is 6.67. The lowest BCUT2D eigenvalue weighted by atomic mass is 10.2. The molecule has 80 valence electrons. The number of ether oxygens (including phenoxy) is 1. The Hall–Kier alpha value is -1.87. The Morgan fingerprint density at radius 1 is 1.19 bits per heavy atom. The Bertz CT molecular complexity index is 499. The van der Waals surface area contributed by atoms with Crippen molar-refractivity contribution in [3.8, 4) is 11.5 Å². The van der Waals surface area contributed by atoms with E-state index in [1.807, 2.05) is 0 Å². The van der Waals surface area contributed by atoms with Gasteiger partial charge in [0.1, 0.15) is 11.5 Å². The van der Waals surface area contributed by atoms with Crippen molar-refractivity contribution in [3.63, 3.8) is 0 Å². The molecule has 0 atom stereocenters. The number of carbonyl (C=O) groups is 1. The normalized spacial score (nSPS) is 9.81. The van der Waals surface area contributed by atoms with Crippen LogP contribution in [0.15, 0.2) is 48.8 Å². The first-order chi connectivity index (χ1) is 7.75. The van der Waals surface area contributed by atoms with E-state index in [9.17, 15) is 4.79 Å². The highest BCUT2D eigenvalue weighted by Crippen LogP contribution is 2.21. The summed E-state index contributed by atoms with van der Waals surface area (Å²) >= 11 is 5.37. The second kappa shape index (κ2) is 4.77. The Balaban J connectivity index is 2.22. The van der Waals surface area contributed by atoms with Crippen molar-refractivity contribution in [3.05, 3.63) is 54.4 Å². The predicted molar refractivity (Wildman–Crippen MR) is 60.9 cm³/mol. The molecule has 0 unspecified atom stereocenters. The van der Waals surface area contributed by atoms with Crippen LogP contribution in [0.1, 0.15) is 10.4 Å². The predicted octanol–water partition coefficient (Wildman–Crippen LogP) is 3.25. The third kappa shape index (κ3) is 2.58. The second-order valence-corrected chi connectivity index (χ2v) is 3.44. The standard InChI is InChI=1S/C12H8ClNO2/c13-12(15)9-3-1-4-10(7-9)16-11-5-2-6-14-8-11/h1-8H. The number of carbonyl (C=O) groups excluding carboxylic acids is 1. The Kier molecular flexibility index (Phi) is 3.17. The van der Waals surface area contributed by atoms with Crippen molar-refractivity contribution in [1.82, 2.24) is 4.98 Å². The van der Waals surface area contributed by atoms with E-state index >= 15 is 0 Å². The highest BCUT2D eigenvalue weighted by Gasteiger charge is 2.03. The molecular formula is C12H8ClNO2. The maximum absolute atomic E-state index is 10.9. The third-order valence-corrected chi connectivity index (χ3v) is 2.15. The number of nitrogens with zero attached hydrogens (tertiary/aromatic N) is 1. The van der Waals surface area contributed by atoms with Gasteiger partial charge in [-0.3, -0.25) is 9.78 Å². The number of benzene rings is 1. The Labute approximate surface area is 97.7 Å². The smallest absolute Gasteiger partial charge is 0.252 e. The first kappa shape index (κ1) is 10.6. The lowest BCUT2D eigenvalue weighted by Crippen LogP contribution is -1.90. The molecular weight excluding hydrogens is 226 g/mol. The van der Waals surface area contributed by atoms with E-state index in [1.165, 1.54) is 0 Å². The minimum Gasteiger partial charge on any atom is -0.456 e. The van der Waals surface area contributed by atoms with Crippen LogP contribution in [0.2, 0.25) is 0 Å². The van der Waals surface area contributed by atoms with Gasteiger partial charge in [-0.05, 0) is 41.9 Å². The molecule has 0 saturated heterocycles. The molecule has 0 bridgehead atoms. The zero-order chi connectivity index (χ0) is 11.4. The van der Waals surface area contributed by atoms with Gasteiger partial charge in [-0.2, -0.15) is 0 Å². The minimum absolute atomic E-state index is 0.406. The molecule has 0 N–H and O–H groups in total. The van der Waals surface area contributed by atoms with E-state index in [4.69, 9.17) is 16.3 Å². The molecule has 4 heteroatoms. The van der Waals surface area contributed by atoms with Crippen LogP contribution in [0.3, 0.4) is 0 Å². The summed E-state index contributed by atoms with van der Waals surface area (Å²) in [5.74, 6) is 1.17. The molecule has 0 spiro atoms. The van der Waals surface area contributed by atoms with Gasteiger partial charge in [0.25, 0.3) is 5.24 Å². The number of hydrogen-bond acceptors (Lipinski definition) is 3. The lowest BCUT2D eigenvalue weighted by Gasteiger charge is -2.05. The van der Waals surface area contributed by atoms with Crippen LogP contribution in [0.5, 0.6) is 11.5 Å². The minimum atomic E-state index is -0.503. The average Bonchev–Trinajstić information content (AvgIpc) is 2.30. The first-order valence-electron chi connectivity index (χ1n) is 4.63. The molecule has 0 fully saturated rings. The van der Waals surface area contributed by atoms with E-state index < -0.39 is 5.24 Å². The van der Waals surface area contributed by atoms with Gasteiger partial charge in [0.2, 0.25) is 0 Å². The third-order valence-electron chi connectivity index (χ3n) is 1.93. The number of hydrogen-bond donors (Lipinski definition) is 0. The molecule has 16 heavy (non-hydrogen) atoms. The molecule has 1 aromatic carbocycles. The second-order valence-electron chi connectivity index (χ2n) is 3.09. The molecule has 0 saturated carbocycles. The van der Waals surface area contributed by atoms with E-state index in [2.05, 4.69) is 4.98 Å². The number of pyridine rings is 1. The van der Waals surface area contributed by atoms with Crippen molar-refractivity contribution >= 4 is 16.8 Å². The monoisotopic (exact) mass is 233 g/mol. The van der Waals surface area contributed by atoms with Gasteiger partial charge in [0.05, 0.1) is 6.20 Å². The molecule has 0 aliphatic rings. The average molecular weight is 234 g/mol. The maximum Gasteiger partial charge on any atom is 0.252 e. The van der Waals surface area contributed by atoms with E-state index in [1.54, 1.807) is 48.8 Å². The summed E-state index contributed by atoms with van der Waals surface area (Å²) in [5, 5.41) is -0.503. The maximum atomic E-state index is 10.9. The van der Waals surface area contributed by atoms with Gasteiger partial charge in [-0.1, -0.05) is 6.07 Å². The zero-order valence-electron chi connectivity index (χ0n) is 8.26. The number of halogens is 1. The lowest BCUT2D eigenvalue weighted by molar-refractivity contribution is 0.108. The summed E-state index contributed by atoms with van der Waals surface area (Å²) in [6, 6.07) is 10.2. The molecule has 3 nitrogen and oxygen atoms in total. The fourth-order valence-electron chi connectivity index (χ4n) is 1.23. The van der Waals surface area contributed by atoms with Crippen LogP contribution in [0.25, 0.3) is 0 Å². The van der Waals surface area contributed by atoms with Crippen LogP contribution < -0.4 is 4.74 Å². The molecule has 0 amide bonds. The van der Waals surface area contributed by atoms with Crippen molar-refractivity contribution in [2.75, 3.05) is 0 Å². The van der Waals surface area contributed by atoms with Crippen LogP contribution in [0, 0.1) is 0 Å². The van der Waals surface area contributed by atoms with Crippen LogP contribution in [0.4, 0.5) is 0 Å². The molecule has 2 aromatic rings. The van der Waals surface area contributed by atoms with Crippen LogP contribution in [-0.4, -0.2) is 10.2 Å². The van der Waals surface area contributed by atoms with Crippen LogP contribution in [-0.2, 0) is 0 Å². The van der Waals surface area contributed by atoms with Crippen LogP contribution >= 0.6 is 11.6 Å². The number of aromatic nitrogens is 1. The van der Waals surface area contributed by atoms with Gasteiger partial charge in [-0.25, -0.2) is 0 Å². The van der Waals surface area contributed by atoms with E-state index in [-0.39, 0.29) is 0 Å². The summed E-state index contributed by atoms with van der Waals surface area (Å²) in [6.07, 6.45) is 3.25. The Morgan fingerprint density at radius 2 is 2.00 bits per heavy atom. The molecule has 1 aromatic heterocycles. The highest BCUT2D eigenvalue weighted by atomic mass is 35.5. The summed E-state index contributed by atoms with van der Waals surface area (Å²) in [7, 11) is 0. The molecule has 1 heterocycles. The number of rotatable bonds is 3. The van der Waals surface area contributed by atoms with Gasteiger partial charge in [-0.15, -0.1) is 0 Å². The zero-order valence-corrected chi connectivity index (χ0v) is 9.02. The van der Waals surface area contributed by atoms with E-state index in [0.29, 0.717) is 17.1 Å². The first-order valence-corrected chi connectivity index (χ1v) is 5.01. The fourth-order valence-corrected chi connectivity index (χ4v) is 1.34. The summed E-state index contributed by atoms with van der Waals surface area (Å²) in [6.45, 7) is 0. The fraction of sp³-hybridized carbons (Fsp3) is 0. The van der Waals surface area contributed by atoms with Gasteiger partial charge < -0.3 is 4.74 Å². The molecule has 0 aliphatic heterocycles. The summed E-state index contributed by atoms with van der Waals surface area (Å²) in [4.78, 5) is 14.9. The van der Waals surface area contributed by atoms with Crippen molar-refractivity contribution < 1.29 is 9.53 Å². The van der Waals surface area contributed by atoms with Gasteiger partial charge in [0.15, 0.2) is 0 Å². The van der Waals surface area contributed by atoms with Gasteiger partial charge in [0, 0.05) is 11.8 Å². The molecule has 0 aliphatic carbocycles. The topological polar surface area (TPSA) is 39.2 Å². The quantitative estimate of drug-likeness (QED) is 0.764. The largest absolute Gasteiger partial charge is 0.456 e. The molecule has 0 radical (unpaired) electrons.